The van der Waals surface area contributed by atoms with Crippen molar-refractivity contribution in [1.29, 1.82) is 0 Å². The van der Waals surface area contributed by atoms with Crippen LogP contribution in [-0.2, 0) is 9.53 Å². The molecule has 0 bridgehead atoms. The van der Waals surface area contributed by atoms with E-state index in [4.69, 9.17) is 18.6 Å². The van der Waals surface area contributed by atoms with E-state index in [0.717, 1.165) is 0 Å². The number of allylic oxidation sites excluding steroid dienone is 1. The number of nitro groups is 1. The summed E-state index contributed by atoms with van der Waals surface area (Å²) in [6, 6.07) is 6.13. The van der Waals surface area contributed by atoms with Crippen LogP contribution in [0, 0.1) is 10.1 Å². The normalized spacial score (nSPS) is 16.2. The number of furan rings is 1. The minimum absolute atomic E-state index is 0.122. The third kappa shape index (κ3) is 6.29. The first-order valence-electron chi connectivity index (χ1n) is 10.7. The zero-order valence-electron chi connectivity index (χ0n) is 19.6. The van der Waals surface area contributed by atoms with E-state index in [1.165, 1.54) is 25.5 Å². The lowest BCUT2D eigenvalue weighted by atomic mass is 9.95. The van der Waals surface area contributed by atoms with Crippen molar-refractivity contribution in [2.75, 3.05) is 20.3 Å². The van der Waals surface area contributed by atoms with E-state index in [1.807, 2.05) is 0 Å². The predicted molar refractivity (Wildman–Crippen MR) is 124 cm³/mol. The van der Waals surface area contributed by atoms with Gasteiger partial charge in [0, 0.05) is 5.70 Å². The molecule has 2 amide bonds. The highest BCUT2D eigenvalue weighted by molar-refractivity contribution is 5.95. The Labute approximate surface area is 205 Å². The topological polar surface area (TPSA) is 187 Å². The Bertz CT molecular complexity index is 1190. The zero-order chi connectivity index (χ0) is 26.2. The highest BCUT2D eigenvalue weighted by Gasteiger charge is 2.32. The Hall–Kier alpha value is -4.59. The van der Waals surface area contributed by atoms with Crippen molar-refractivity contribution in [3.05, 3.63) is 63.0 Å². The number of benzene rings is 1. The van der Waals surface area contributed by atoms with E-state index >= 15 is 0 Å². The molecular formula is C22H25N5O9. The monoisotopic (exact) mass is 503 g/mol. The molecule has 2 atom stereocenters. The van der Waals surface area contributed by atoms with Crippen molar-refractivity contribution < 1.29 is 38.2 Å². The first-order valence-corrected chi connectivity index (χ1v) is 10.7. The molecule has 0 saturated carbocycles. The summed E-state index contributed by atoms with van der Waals surface area (Å²) in [7, 11) is 1.25. The van der Waals surface area contributed by atoms with E-state index in [-0.39, 0.29) is 17.9 Å². The molecule has 0 spiro atoms. The molecule has 14 heteroatoms. The van der Waals surface area contributed by atoms with Gasteiger partial charge in [0.15, 0.2) is 23.5 Å². The summed E-state index contributed by atoms with van der Waals surface area (Å²) in [5.74, 6) is -0.282. The number of hydrazone groups is 1. The van der Waals surface area contributed by atoms with Gasteiger partial charge in [0.2, 0.25) is 0 Å². The summed E-state index contributed by atoms with van der Waals surface area (Å²) in [6.07, 6.45) is -0.0705. The van der Waals surface area contributed by atoms with Crippen LogP contribution in [0.1, 0.15) is 31.2 Å². The molecule has 0 saturated heterocycles. The SMILES string of the molecule is CCOc1cc([C@@H]2NC(=O)NC(C)=C2C(=O)OC)ccc1OC[C@H](O)N/N=C\c1ccc([N+](=O)[O-])o1. The molecule has 0 unspecified atom stereocenters. The van der Waals surface area contributed by atoms with E-state index in [0.29, 0.717) is 29.4 Å². The third-order valence-electron chi connectivity index (χ3n) is 4.88. The maximum atomic E-state index is 12.3. The Morgan fingerprint density at radius 3 is 2.78 bits per heavy atom. The Balaban J connectivity index is 1.69. The van der Waals surface area contributed by atoms with Gasteiger partial charge in [0.05, 0.1) is 37.6 Å². The number of carbonyl (C=O) groups is 2. The maximum absolute atomic E-state index is 12.3. The van der Waals surface area contributed by atoms with Gasteiger partial charge < -0.3 is 34.4 Å². The van der Waals surface area contributed by atoms with Gasteiger partial charge in [-0.25, -0.2) is 9.59 Å². The number of ether oxygens (including phenoxy) is 3. The van der Waals surface area contributed by atoms with Crippen LogP contribution in [0.2, 0.25) is 0 Å². The molecule has 1 aromatic carbocycles. The molecule has 4 N–H and O–H groups in total. The van der Waals surface area contributed by atoms with E-state index < -0.39 is 35.1 Å². The van der Waals surface area contributed by atoms with Gasteiger partial charge in [0.1, 0.15) is 11.5 Å². The number of carbonyl (C=O) groups excluding carboxylic acids is 2. The minimum atomic E-state index is -1.24. The van der Waals surface area contributed by atoms with Crippen molar-refractivity contribution in [3.63, 3.8) is 0 Å². The van der Waals surface area contributed by atoms with E-state index in [9.17, 15) is 24.8 Å². The first-order chi connectivity index (χ1) is 17.2. The lowest BCUT2D eigenvalue weighted by Crippen LogP contribution is -2.45. The molecule has 2 heterocycles. The Kier molecular flexibility index (Phi) is 8.46. The number of methoxy groups -OCH3 is 1. The van der Waals surface area contributed by atoms with Crippen molar-refractivity contribution >= 4 is 24.1 Å². The third-order valence-corrected chi connectivity index (χ3v) is 4.88. The summed E-state index contributed by atoms with van der Waals surface area (Å²) in [6.45, 7) is 3.45. The summed E-state index contributed by atoms with van der Waals surface area (Å²) in [4.78, 5) is 34.3. The number of esters is 1. The second kappa shape index (κ2) is 11.7. The van der Waals surface area contributed by atoms with Gasteiger partial charge in [-0.15, -0.1) is 0 Å². The number of aliphatic hydroxyl groups excluding tert-OH is 1. The highest BCUT2D eigenvalue weighted by Crippen LogP contribution is 2.34. The number of amides is 2. The number of hydrogen-bond acceptors (Lipinski definition) is 11. The fourth-order valence-corrected chi connectivity index (χ4v) is 3.32. The lowest BCUT2D eigenvalue weighted by Gasteiger charge is -2.28. The minimum Gasteiger partial charge on any atom is -0.490 e. The molecule has 0 radical (unpaired) electrons. The molecule has 0 aliphatic carbocycles. The smallest absolute Gasteiger partial charge is 0.433 e. The highest BCUT2D eigenvalue weighted by atomic mass is 16.6. The van der Waals surface area contributed by atoms with Crippen LogP contribution < -0.4 is 25.5 Å². The van der Waals surface area contributed by atoms with Crippen molar-refractivity contribution in [3.8, 4) is 11.5 Å². The van der Waals surface area contributed by atoms with Crippen LogP contribution in [0.15, 0.2) is 51.1 Å². The molecule has 0 fully saturated rings. The summed E-state index contributed by atoms with van der Waals surface area (Å²) < 4.78 is 21.1. The van der Waals surface area contributed by atoms with Crippen LogP contribution in [0.3, 0.4) is 0 Å². The van der Waals surface area contributed by atoms with Crippen LogP contribution in [0.5, 0.6) is 11.5 Å². The van der Waals surface area contributed by atoms with Crippen molar-refractivity contribution in [1.82, 2.24) is 16.1 Å². The number of aliphatic hydroxyl groups is 1. The summed E-state index contributed by atoms with van der Waals surface area (Å²) in [5, 5.41) is 29.7. The largest absolute Gasteiger partial charge is 0.490 e. The number of rotatable bonds is 11. The van der Waals surface area contributed by atoms with Gasteiger partial charge in [-0.2, -0.15) is 5.10 Å². The second-order valence-corrected chi connectivity index (χ2v) is 7.35. The lowest BCUT2D eigenvalue weighted by molar-refractivity contribution is -0.402. The molecule has 3 rings (SSSR count). The Morgan fingerprint density at radius 1 is 1.33 bits per heavy atom. The van der Waals surface area contributed by atoms with Crippen LogP contribution >= 0.6 is 0 Å². The van der Waals surface area contributed by atoms with Gasteiger partial charge in [-0.05, 0) is 37.6 Å². The fraction of sp³-hybridized carbons (Fsp3) is 0.318. The second-order valence-electron chi connectivity index (χ2n) is 7.35. The van der Waals surface area contributed by atoms with Gasteiger partial charge >= 0.3 is 17.9 Å². The van der Waals surface area contributed by atoms with Crippen LogP contribution in [0.25, 0.3) is 0 Å². The maximum Gasteiger partial charge on any atom is 0.433 e. The molecule has 14 nitrogen and oxygen atoms in total. The van der Waals surface area contributed by atoms with Crippen LogP contribution in [0.4, 0.5) is 10.7 Å². The molecule has 1 aliphatic rings. The molecule has 2 aromatic rings. The average Bonchev–Trinajstić information content (AvgIpc) is 3.32. The molecule has 192 valence electrons. The standard InChI is InChI=1S/C22H25N5O9/c1-4-34-16-9-13(20-19(21(29)33-3)12(2)24-22(30)25-20)5-7-15(16)35-11-17(28)26-23-10-14-6-8-18(36-14)27(31)32/h5-10,17,20,26,28H,4,11H2,1-3H3,(H2,24,25,30)/b23-10-/t17-,20-/m0/s1. The van der Waals surface area contributed by atoms with Gasteiger partial charge in [0.25, 0.3) is 0 Å². The van der Waals surface area contributed by atoms with E-state index in [1.54, 1.807) is 32.0 Å². The molecule has 36 heavy (non-hydrogen) atoms. The zero-order valence-corrected chi connectivity index (χ0v) is 19.6. The van der Waals surface area contributed by atoms with Crippen molar-refractivity contribution in [2.24, 2.45) is 5.10 Å². The average molecular weight is 503 g/mol. The number of hydrogen-bond donors (Lipinski definition) is 4. The van der Waals surface area contributed by atoms with Gasteiger partial charge in [-0.1, -0.05) is 6.07 Å². The van der Waals surface area contributed by atoms with E-state index in [2.05, 4.69) is 21.2 Å². The predicted octanol–water partition coefficient (Wildman–Crippen LogP) is 1.71. The van der Waals surface area contributed by atoms with Gasteiger partial charge in [-0.3, -0.25) is 15.5 Å². The van der Waals surface area contributed by atoms with Crippen molar-refractivity contribution in [2.45, 2.75) is 26.1 Å². The fourth-order valence-electron chi connectivity index (χ4n) is 3.32. The number of nitrogens with one attached hydrogen (secondary N) is 3. The quantitative estimate of drug-likeness (QED) is 0.116. The summed E-state index contributed by atoms with van der Waals surface area (Å²) in [5.41, 5.74) is 3.57. The number of nitrogens with zero attached hydrogens (tertiary/aromatic N) is 2. The molecule has 1 aliphatic heterocycles. The Morgan fingerprint density at radius 2 is 2.11 bits per heavy atom. The molecule has 1 aromatic heterocycles. The van der Waals surface area contributed by atoms with Crippen LogP contribution in [-0.4, -0.2) is 54.8 Å². The molecular weight excluding hydrogens is 478 g/mol. The summed E-state index contributed by atoms with van der Waals surface area (Å²) >= 11 is 0. The first kappa shape index (κ1) is 26.0. The number of urea groups is 1.